The number of nitrogens with zero attached hydrogens (tertiary/aromatic N) is 3. The molecule has 0 radical (unpaired) electrons. The highest BCUT2D eigenvalue weighted by Crippen LogP contribution is 2.30. The highest BCUT2D eigenvalue weighted by molar-refractivity contribution is 9.11. The molecule has 0 unspecified atom stereocenters. The zero-order valence-electron chi connectivity index (χ0n) is 10.2. The molecule has 0 saturated heterocycles. The number of benzene rings is 1. The third kappa shape index (κ3) is 3.45. The maximum atomic E-state index is 5.15. The van der Waals surface area contributed by atoms with Crippen LogP contribution in [0.25, 0.3) is 11.4 Å². The Labute approximate surface area is 136 Å². The summed E-state index contributed by atoms with van der Waals surface area (Å²) in [7, 11) is 1.69. The second-order valence-corrected chi connectivity index (χ2v) is 6.17. The minimum atomic E-state index is 0.622. The summed E-state index contributed by atoms with van der Waals surface area (Å²) in [6.45, 7) is 1.34. The molecule has 1 aromatic carbocycles. The summed E-state index contributed by atoms with van der Waals surface area (Å²) in [5, 5.41) is 9.16. The lowest BCUT2D eigenvalue weighted by molar-refractivity contribution is 0.187. The maximum absolute atomic E-state index is 5.15. The lowest BCUT2D eigenvalue weighted by atomic mass is 10.2. The van der Waals surface area contributed by atoms with E-state index in [1.165, 1.54) is 0 Å². The quantitative estimate of drug-likeness (QED) is 0.642. The van der Waals surface area contributed by atoms with E-state index in [0.717, 1.165) is 32.7 Å². The zero-order chi connectivity index (χ0) is 13.8. The van der Waals surface area contributed by atoms with Crippen molar-refractivity contribution in [3.63, 3.8) is 0 Å². The molecule has 0 spiro atoms. The van der Waals surface area contributed by atoms with Crippen molar-refractivity contribution in [1.29, 1.82) is 0 Å². The largest absolute Gasteiger partial charge is 0.383 e. The van der Waals surface area contributed by atoms with Crippen molar-refractivity contribution in [1.82, 2.24) is 14.8 Å². The van der Waals surface area contributed by atoms with E-state index in [1.54, 1.807) is 7.11 Å². The van der Waals surface area contributed by atoms with E-state index >= 15 is 0 Å². The highest BCUT2D eigenvalue weighted by atomic mass is 79.9. The molecule has 0 fully saturated rings. The molecule has 0 aliphatic carbocycles. The molecule has 2 rings (SSSR count). The van der Waals surface area contributed by atoms with Gasteiger partial charge in [0, 0.05) is 28.2 Å². The Hall–Kier alpha value is -0.240. The number of hydrogen-bond donors (Lipinski definition) is 0. The van der Waals surface area contributed by atoms with Gasteiger partial charge in [-0.05, 0) is 18.2 Å². The van der Waals surface area contributed by atoms with E-state index in [0.29, 0.717) is 11.9 Å². The van der Waals surface area contributed by atoms with E-state index < -0.39 is 0 Å². The third-order valence-electron chi connectivity index (χ3n) is 2.64. The normalized spacial score (nSPS) is 10.9. The summed E-state index contributed by atoms with van der Waals surface area (Å²) in [5.74, 6) is 1.72. The summed E-state index contributed by atoms with van der Waals surface area (Å²) < 4.78 is 9.20. The number of alkyl halides is 1. The van der Waals surface area contributed by atoms with Crippen LogP contribution in [-0.2, 0) is 16.6 Å². The van der Waals surface area contributed by atoms with Crippen LogP contribution in [-0.4, -0.2) is 28.5 Å². The fourth-order valence-electron chi connectivity index (χ4n) is 1.72. The minimum absolute atomic E-state index is 0.622. The lowest BCUT2D eigenvalue weighted by Crippen LogP contribution is -2.09. The molecular formula is C12H12Br3N3O. The number of ether oxygens (including phenoxy) is 1. The molecule has 19 heavy (non-hydrogen) atoms. The molecular weight excluding hydrogens is 442 g/mol. The van der Waals surface area contributed by atoms with E-state index in [-0.39, 0.29) is 0 Å². The van der Waals surface area contributed by atoms with Gasteiger partial charge in [0.15, 0.2) is 5.82 Å². The summed E-state index contributed by atoms with van der Waals surface area (Å²) >= 11 is 10.5. The third-order valence-corrected chi connectivity index (χ3v) is 4.32. The molecule has 7 heteroatoms. The fraction of sp³-hybridized carbons (Fsp3) is 0.333. The summed E-state index contributed by atoms with van der Waals surface area (Å²) in [4.78, 5) is 0. The molecule has 0 saturated carbocycles. The van der Waals surface area contributed by atoms with Gasteiger partial charge in [0.1, 0.15) is 5.82 Å². The Morgan fingerprint density at radius 3 is 2.74 bits per heavy atom. The lowest BCUT2D eigenvalue weighted by Gasteiger charge is -2.10. The van der Waals surface area contributed by atoms with Crippen molar-refractivity contribution in [3.05, 3.63) is 33.0 Å². The van der Waals surface area contributed by atoms with E-state index in [4.69, 9.17) is 4.74 Å². The van der Waals surface area contributed by atoms with Gasteiger partial charge in [-0.15, -0.1) is 10.2 Å². The molecule has 4 nitrogen and oxygen atoms in total. The van der Waals surface area contributed by atoms with Gasteiger partial charge in [0.25, 0.3) is 0 Å². The van der Waals surface area contributed by atoms with E-state index in [9.17, 15) is 0 Å². The van der Waals surface area contributed by atoms with Gasteiger partial charge in [-0.3, -0.25) is 0 Å². The Morgan fingerprint density at radius 1 is 1.26 bits per heavy atom. The number of hydrogen-bond acceptors (Lipinski definition) is 3. The van der Waals surface area contributed by atoms with Gasteiger partial charge < -0.3 is 9.30 Å². The molecule has 102 valence electrons. The van der Waals surface area contributed by atoms with Crippen LogP contribution >= 0.6 is 47.8 Å². The van der Waals surface area contributed by atoms with Crippen molar-refractivity contribution < 1.29 is 4.74 Å². The first-order chi connectivity index (χ1) is 9.17. The van der Waals surface area contributed by atoms with Crippen LogP contribution in [0.15, 0.2) is 27.1 Å². The first kappa shape index (κ1) is 15.2. The minimum Gasteiger partial charge on any atom is -0.383 e. The SMILES string of the molecule is COCCn1c(CBr)nnc1-c1cc(Br)ccc1Br. The Morgan fingerprint density at radius 2 is 2.05 bits per heavy atom. The van der Waals surface area contributed by atoms with Crippen LogP contribution in [0.5, 0.6) is 0 Å². The fourth-order valence-corrected chi connectivity index (χ4v) is 2.92. The molecule has 0 amide bonds. The van der Waals surface area contributed by atoms with Crippen molar-refractivity contribution in [2.45, 2.75) is 11.9 Å². The monoisotopic (exact) mass is 451 g/mol. The molecule has 2 aromatic rings. The van der Waals surface area contributed by atoms with Crippen molar-refractivity contribution in [3.8, 4) is 11.4 Å². The van der Waals surface area contributed by atoms with Gasteiger partial charge in [-0.25, -0.2) is 0 Å². The van der Waals surface area contributed by atoms with Crippen molar-refractivity contribution in [2.75, 3.05) is 13.7 Å². The maximum Gasteiger partial charge on any atom is 0.165 e. The van der Waals surface area contributed by atoms with E-state index in [1.807, 2.05) is 18.2 Å². The number of halogens is 3. The number of rotatable bonds is 5. The molecule has 0 bridgehead atoms. The predicted molar refractivity (Wildman–Crippen MR) is 85.4 cm³/mol. The molecule has 1 aromatic heterocycles. The van der Waals surface area contributed by atoms with Crippen LogP contribution in [0, 0.1) is 0 Å². The average molecular weight is 454 g/mol. The predicted octanol–water partition coefficient (Wildman–Crippen LogP) is 4.01. The molecule has 1 heterocycles. The first-order valence-corrected chi connectivity index (χ1v) is 8.30. The van der Waals surface area contributed by atoms with Gasteiger partial charge in [0.05, 0.1) is 11.9 Å². The first-order valence-electron chi connectivity index (χ1n) is 5.59. The topological polar surface area (TPSA) is 39.9 Å². The van der Waals surface area contributed by atoms with Crippen molar-refractivity contribution >= 4 is 47.8 Å². The Balaban J connectivity index is 2.49. The van der Waals surface area contributed by atoms with Crippen molar-refractivity contribution in [2.24, 2.45) is 0 Å². The van der Waals surface area contributed by atoms with Crippen LogP contribution in [0.4, 0.5) is 0 Å². The van der Waals surface area contributed by atoms with Crippen LogP contribution in [0.3, 0.4) is 0 Å². The van der Waals surface area contributed by atoms with E-state index in [2.05, 4.69) is 62.6 Å². The van der Waals surface area contributed by atoms with Crippen LogP contribution in [0.1, 0.15) is 5.82 Å². The summed E-state index contributed by atoms with van der Waals surface area (Å²) in [5.41, 5.74) is 1.00. The standard InChI is InChI=1S/C12H12Br3N3O/c1-19-5-4-18-11(7-13)16-17-12(18)9-6-8(14)2-3-10(9)15/h2-3,6H,4-5,7H2,1H3. The molecule has 0 atom stereocenters. The van der Waals surface area contributed by atoms with Crippen LogP contribution < -0.4 is 0 Å². The van der Waals surface area contributed by atoms with Gasteiger partial charge >= 0.3 is 0 Å². The van der Waals surface area contributed by atoms with Gasteiger partial charge in [-0.2, -0.15) is 0 Å². The number of aromatic nitrogens is 3. The summed E-state index contributed by atoms with van der Waals surface area (Å²) in [6, 6.07) is 5.99. The van der Waals surface area contributed by atoms with Gasteiger partial charge in [-0.1, -0.05) is 47.8 Å². The second-order valence-electron chi connectivity index (χ2n) is 3.84. The zero-order valence-corrected chi connectivity index (χ0v) is 15.0. The molecule has 0 aliphatic heterocycles. The molecule has 0 aliphatic rings. The Kier molecular flexibility index (Phi) is 5.56. The highest BCUT2D eigenvalue weighted by Gasteiger charge is 2.15. The number of methoxy groups -OCH3 is 1. The van der Waals surface area contributed by atoms with Crippen LogP contribution in [0.2, 0.25) is 0 Å². The van der Waals surface area contributed by atoms with Gasteiger partial charge in [0.2, 0.25) is 0 Å². The molecule has 0 N–H and O–H groups in total. The smallest absolute Gasteiger partial charge is 0.165 e. The Bertz CT molecular complexity index is 571. The second kappa shape index (κ2) is 6.97. The average Bonchev–Trinajstić information content (AvgIpc) is 2.81. The summed E-state index contributed by atoms with van der Waals surface area (Å²) in [6.07, 6.45) is 0.